The molecule has 282 valence electrons. The second kappa shape index (κ2) is 22.8. The third-order valence-corrected chi connectivity index (χ3v) is 13.4. The molecule has 0 radical (unpaired) electrons. The van der Waals surface area contributed by atoms with E-state index in [1.807, 2.05) is 0 Å². The van der Waals surface area contributed by atoms with Crippen LogP contribution in [0.25, 0.3) is 0 Å². The second-order valence-corrected chi connectivity index (χ2v) is 18.1. The molecule has 5 nitrogen and oxygen atoms in total. The number of allylic oxidation sites excluding steroid dienone is 2. The molecule has 0 bridgehead atoms. The zero-order valence-electron chi connectivity index (χ0n) is 33.0. The molecular formula is C45H66NaO5P. The van der Waals surface area contributed by atoms with Crippen molar-refractivity contribution in [3.8, 4) is 11.5 Å². The van der Waals surface area contributed by atoms with Crippen LogP contribution >= 0.6 is 7.60 Å². The van der Waals surface area contributed by atoms with Gasteiger partial charge in [-0.05, 0) is 119 Å². The van der Waals surface area contributed by atoms with Crippen molar-refractivity contribution in [3.63, 3.8) is 0 Å². The number of carboxylic acids is 1. The molecule has 5 rings (SSSR count). The first-order chi connectivity index (χ1) is 24.8. The Kier molecular flexibility index (Phi) is 18.9. The first-order valence-electron chi connectivity index (χ1n) is 20.9. The molecule has 2 saturated carbocycles. The number of benzene rings is 2. The molecule has 7 heteroatoms. The summed E-state index contributed by atoms with van der Waals surface area (Å²) in [7, 11) is -3.46. The quantitative estimate of drug-likeness (QED) is 0.0621. The number of carbonyl (C=O) groups is 1. The third-order valence-electron chi connectivity index (χ3n) is 11.6. The monoisotopic (exact) mass is 740 g/mol. The first kappa shape index (κ1) is 43.2. The van der Waals surface area contributed by atoms with Gasteiger partial charge < -0.3 is 18.9 Å². The van der Waals surface area contributed by atoms with Crippen molar-refractivity contribution in [2.75, 3.05) is 6.16 Å². The van der Waals surface area contributed by atoms with Crippen molar-refractivity contribution in [2.24, 2.45) is 0 Å². The van der Waals surface area contributed by atoms with E-state index >= 15 is 4.57 Å². The number of carbonyl (C=O) groups excluding carboxylic acids is 1. The summed E-state index contributed by atoms with van der Waals surface area (Å²) in [6.45, 7) is 4.41. The van der Waals surface area contributed by atoms with Crippen molar-refractivity contribution >= 4 is 13.6 Å². The minimum Gasteiger partial charge on any atom is -0.550 e. The van der Waals surface area contributed by atoms with Gasteiger partial charge in [0.15, 0.2) is 0 Å². The smallest absolute Gasteiger partial charge is 0.550 e. The van der Waals surface area contributed by atoms with Gasteiger partial charge in [-0.2, -0.15) is 0 Å². The number of hydrogen-bond acceptors (Lipinski definition) is 5. The number of aliphatic carboxylic acids is 1. The molecule has 0 atom stereocenters. The average Bonchev–Trinajstić information content (AvgIpc) is 3.11. The summed E-state index contributed by atoms with van der Waals surface area (Å²) < 4.78 is 28.7. The van der Waals surface area contributed by atoms with Gasteiger partial charge in [-0.25, -0.2) is 4.57 Å². The average molecular weight is 741 g/mol. The Labute approximate surface area is 338 Å². The number of carboxylic acid groups (broad SMARTS) is 1. The van der Waals surface area contributed by atoms with E-state index in [1.54, 1.807) is 0 Å². The molecule has 2 fully saturated rings. The summed E-state index contributed by atoms with van der Waals surface area (Å²) in [4.78, 5) is 10.5. The van der Waals surface area contributed by atoms with E-state index in [2.05, 4.69) is 50.3 Å². The molecule has 3 aliphatic rings. The van der Waals surface area contributed by atoms with E-state index < -0.39 is 13.6 Å². The Balaban J connectivity index is 0.00000605. The molecule has 1 aliphatic heterocycles. The van der Waals surface area contributed by atoms with Gasteiger partial charge in [0.05, 0.1) is 6.16 Å². The van der Waals surface area contributed by atoms with Crippen molar-refractivity contribution < 1.29 is 53.1 Å². The number of hydrogen-bond donors (Lipinski definition) is 0. The van der Waals surface area contributed by atoms with Gasteiger partial charge in [0.2, 0.25) is 0 Å². The molecule has 0 N–H and O–H groups in total. The summed E-state index contributed by atoms with van der Waals surface area (Å²) in [6, 6.07) is 9.19. The van der Waals surface area contributed by atoms with Crippen LogP contribution in [0.15, 0.2) is 36.4 Å². The van der Waals surface area contributed by atoms with Gasteiger partial charge in [-0.3, -0.25) is 0 Å². The van der Waals surface area contributed by atoms with E-state index in [4.69, 9.17) is 9.05 Å². The van der Waals surface area contributed by atoms with Crippen LogP contribution in [0.3, 0.4) is 0 Å². The molecule has 2 aromatic carbocycles. The summed E-state index contributed by atoms with van der Waals surface area (Å²) >= 11 is 0. The summed E-state index contributed by atoms with van der Waals surface area (Å²) in [5, 5.41) is 10.5. The van der Waals surface area contributed by atoms with Crippen LogP contribution in [0.5, 0.6) is 11.5 Å². The second-order valence-electron chi connectivity index (χ2n) is 16.1. The van der Waals surface area contributed by atoms with E-state index in [-0.39, 0.29) is 36.0 Å². The molecule has 1 heterocycles. The fourth-order valence-corrected chi connectivity index (χ4v) is 10.7. The Bertz CT molecular complexity index is 1390. The zero-order chi connectivity index (χ0) is 35.9. The van der Waals surface area contributed by atoms with Crippen LogP contribution in [-0.4, -0.2) is 12.1 Å². The number of aryl methyl sites for hydroxylation is 2. The zero-order valence-corrected chi connectivity index (χ0v) is 35.9. The van der Waals surface area contributed by atoms with Crippen LogP contribution in [0.2, 0.25) is 0 Å². The van der Waals surface area contributed by atoms with E-state index in [9.17, 15) is 9.90 Å². The van der Waals surface area contributed by atoms with Gasteiger partial charge in [-0.1, -0.05) is 131 Å². The fraction of sp³-hybridized carbons (Fsp3) is 0.667. The maximum Gasteiger partial charge on any atom is 1.00 e. The first-order valence-corrected chi connectivity index (χ1v) is 22.6. The number of rotatable bonds is 19. The van der Waals surface area contributed by atoms with Crippen LogP contribution in [0.1, 0.15) is 199 Å². The third kappa shape index (κ3) is 13.6. The molecular weight excluding hydrogens is 674 g/mol. The summed E-state index contributed by atoms with van der Waals surface area (Å²) in [5.41, 5.74) is 7.42. The van der Waals surface area contributed by atoms with Crippen molar-refractivity contribution in [2.45, 2.75) is 186 Å². The fourth-order valence-electron chi connectivity index (χ4n) is 8.84. The Morgan fingerprint density at radius 1 is 0.654 bits per heavy atom. The summed E-state index contributed by atoms with van der Waals surface area (Å²) in [5.74, 6) is 1.72. The maximum atomic E-state index is 15.1. The molecule has 52 heavy (non-hydrogen) atoms. The number of fused-ring (bicyclic) bond motifs is 2. The molecule has 0 spiro atoms. The van der Waals surface area contributed by atoms with Crippen LogP contribution in [-0.2, 0) is 15.8 Å². The van der Waals surface area contributed by atoms with Crippen LogP contribution in [0.4, 0.5) is 0 Å². The Hall–Kier alpha value is -1.52. The van der Waals surface area contributed by atoms with Crippen molar-refractivity contribution in [3.05, 3.63) is 69.8 Å². The Morgan fingerprint density at radius 2 is 1.08 bits per heavy atom. The minimum absolute atomic E-state index is 0. The Morgan fingerprint density at radius 3 is 1.54 bits per heavy atom. The molecule has 2 aromatic rings. The SMILES string of the molecule is Cc1cc2c(c(C3CCCCC3)c1)OP(=O)(CCCCCCCC/C=C\CCCCCCCC(=O)[O-])Oc1c(cc(C)cc1C1CCCCC1)C2.[Na+]. The standard InChI is InChI=1S/C45H67O5P.Na/c1-35-30-39-34-40-31-36(2)33-42(38-26-20-17-21-27-38)45(40)50-51(48,49-44(39)41(32-35)37-24-18-16-19-25-37)29-23-15-13-11-9-7-5-3-4-6-8-10-12-14-22-28-43(46)47;/h3-4,30-33,37-38H,5-29,34H2,1-2H3,(H,46,47);/q;+1/p-1/b4-3-;. The van der Waals surface area contributed by atoms with Crippen LogP contribution in [0, 0.1) is 13.8 Å². The largest absolute Gasteiger partial charge is 1.00 e. The number of unbranched alkanes of at least 4 members (excludes halogenated alkanes) is 11. The molecule has 2 aliphatic carbocycles. The molecule has 0 aromatic heterocycles. The maximum absolute atomic E-state index is 15.1. The van der Waals surface area contributed by atoms with Crippen LogP contribution < -0.4 is 43.7 Å². The van der Waals surface area contributed by atoms with Gasteiger partial charge in [0, 0.05) is 12.4 Å². The predicted octanol–water partition coefficient (Wildman–Crippen LogP) is 9.73. The van der Waals surface area contributed by atoms with Gasteiger partial charge >= 0.3 is 37.2 Å². The molecule has 0 saturated heterocycles. The van der Waals surface area contributed by atoms with E-state index in [1.165, 1.54) is 130 Å². The normalized spacial score (nSPS) is 17.7. The summed E-state index contributed by atoms with van der Waals surface area (Å²) in [6.07, 6.45) is 32.5. The van der Waals surface area contributed by atoms with E-state index in [0.717, 1.165) is 69.3 Å². The minimum atomic E-state index is -3.46. The molecule has 0 amide bonds. The predicted molar refractivity (Wildman–Crippen MR) is 209 cm³/mol. The molecule has 0 unspecified atom stereocenters. The van der Waals surface area contributed by atoms with Gasteiger partial charge in [-0.15, -0.1) is 0 Å². The topological polar surface area (TPSA) is 75.7 Å². The van der Waals surface area contributed by atoms with Crippen molar-refractivity contribution in [1.29, 1.82) is 0 Å². The van der Waals surface area contributed by atoms with Gasteiger partial charge in [0.25, 0.3) is 0 Å². The van der Waals surface area contributed by atoms with Crippen molar-refractivity contribution in [1.82, 2.24) is 0 Å². The van der Waals surface area contributed by atoms with E-state index in [0.29, 0.717) is 18.0 Å². The van der Waals surface area contributed by atoms with Gasteiger partial charge in [0.1, 0.15) is 11.5 Å².